The van der Waals surface area contributed by atoms with Crippen LogP contribution in [0.15, 0.2) is 24.4 Å². The van der Waals surface area contributed by atoms with E-state index in [1.165, 1.54) is 18.2 Å². The summed E-state index contributed by atoms with van der Waals surface area (Å²) in [6.45, 7) is 2.37. The summed E-state index contributed by atoms with van der Waals surface area (Å²) in [7, 11) is 3.25. The van der Waals surface area contributed by atoms with Crippen LogP contribution in [0.1, 0.15) is 16.7 Å². The molecule has 158 valence electrons. The molecule has 0 spiro atoms. The lowest BCUT2D eigenvalue weighted by molar-refractivity contribution is -0.137. The van der Waals surface area contributed by atoms with Gasteiger partial charge in [-0.3, -0.25) is 0 Å². The van der Waals surface area contributed by atoms with Crippen LogP contribution in [0, 0.1) is 0 Å². The first-order valence-electron chi connectivity index (χ1n) is 9.35. The fraction of sp³-hybridized carbons (Fsp3) is 0.474. The van der Waals surface area contributed by atoms with Gasteiger partial charge in [0.05, 0.1) is 6.10 Å². The topological polar surface area (TPSA) is 83.1 Å². The zero-order chi connectivity index (χ0) is 20.9. The second-order valence-electron chi connectivity index (χ2n) is 6.79. The van der Waals surface area contributed by atoms with E-state index in [1.807, 2.05) is 18.2 Å². The Morgan fingerprint density at radius 2 is 2.07 bits per heavy atom. The SMILES string of the molecule is CNCC(CNc1nc(Nc2ccc3c(c2)CCNC3)ncc1C(F)(F)F)OC. The van der Waals surface area contributed by atoms with Gasteiger partial charge >= 0.3 is 6.18 Å². The number of rotatable bonds is 8. The largest absolute Gasteiger partial charge is 0.421 e. The number of benzene rings is 1. The van der Waals surface area contributed by atoms with Crippen molar-refractivity contribution in [3.63, 3.8) is 0 Å². The fourth-order valence-corrected chi connectivity index (χ4v) is 3.15. The smallest absolute Gasteiger partial charge is 0.378 e. The van der Waals surface area contributed by atoms with Crippen LogP contribution in [0.3, 0.4) is 0 Å². The van der Waals surface area contributed by atoms with Gasteiger partial charge in [0, 0.05) is 38.6 Å². The molecule has 0 saturated carbocycles. The highest BCUT2D eigenvalue weighted by Crippen LogP contribution is 2.34. The van der Waals surface area contributed by atoms with Gasteiger partial charge in [0.1, 0.15) is 11.4 Å². The molecule has 1 aromatic heterocycles. The van der Waals surface area contributed by atoms with Crippen molar-refractivity contribution in [2.24, 2.45) is 0 Å². The molecule has 7 nitrogen and oxygen atoms in total. The molecule has 0 saturated heterocycles. The maximum Gasteiger partial charge on any atom is 0.421 e. The average molecular weight is 410 g/mol. The minimum atomic E-state index is -4.56. The molecule has 1 aromatic carbocycles. The molecular weight excluding hydrogens is 385 g/mol. The Kier molecular flexibility index (Phi) is 6.88. The van der Waals surface area contributed by atoms with Crippen LogP contribution in [-0.2, 0) is 23.9 Å². The van der Waals surface area contributed by atoms with E-state index < -0.39 is 11.7 Å². The molecular formula is C19H25F3N6O. The Bertz CT molecular complexity index is 830. The number of hydrogen-bond donors (Lipinski definition) is 4. The van der Waals surface area contributed by atoms with Crippen molar-refractivity contribution in [2.45, 2.75) is 25.2 Å². The van der Waals surface area contributed by atoms with Gasteiger partial charge in [0.15, 0.2) is 0 Å². The number of methoxy groups -OCH3 is 1. The Hall–Kier alpha value is -2.43. The van der Waals surface area contributed by atoms with Crippen molar-refractivity contribution in [3.05, 3.63) is 41.1 Å². The highest BCUT2D eigenvalue weighted by molar-refractivity contribution is 5.58. The summed E-state index contributed by atoms with van der Waals surface area (Å²) in [5.74, 6) is -0.188. The lowest BCUT2D eigenvalue weighted by atomic mass is 10.0. The predicted molar refractivity (Wildman–Crippen MR) is 105 cm³/mol. The van der Waals surface area contributed by atoms with E-state index in [-0.39, 0.29) is 24.4 Å². The van der Waals surface area contributed by atoms with Gasteiger partial charge in [-0.05, 0) is 43.3 Å². The lowest BCUT2D eigenvalue weighted by Crippen LogP contribution is -2.32. The third-order valence-electron chi connectivity index (χ3n) is 4.71. The zero-order valence-corrected chi connectivity index (χ0v) is 16.4. The van der Waals surface area contributed by atoms with E-state index in [1.54, 1.807) is 7.05 Å². The van der Waals surface area contributed by atoms with E-state index >= 15 is 0 Å². The number of likely N-dealkylation sites (N-methyl/N-ethyl adjacent to an activating group) is 1. The lowest BCUT2D eigenvalue weighted by Gasteiger charge is -2.20. The number of fused-ring (bicyclic) bond motifs is 1. The van der Waals surface area contributed by atoms with E-state index in [0.29, 0.717) is 6.54 Å². The number of ether oxygens (including phenoxy) is 1. The molecule has 2 aromatic rings. The Morgan fingerprint density at radius 1 is 1.24 bits per heavy atom. The third kappa shape index (κ3) is 5.55. The molecule has 29 heavy (non-hydrogen) atoms. The van der Waals surface area contributed by atoms with Crippen LogP contribution >= 0.6 is 0 Å². The first-order valence-corrected chi connectivity index (χ1v) is 9.35. The van der Waals surface area contributed by atoms with Gasteiger partial charge in [-0.15, -0.1) is 0 Å². The molecule has 0 bridgehead atoms. The highest BCUT2D eigenvalue weighted by atomic mass is 19.4. The summed E-state index contributed by atoms with van der Waals surface area (Å²) < 4.78 is 45.3. The number of nitrogens with zero attached hydrogens (tertiary/aromatic N) is 2. The van der Waals surface area contributed by atoms with Crippen LogP contribution in [0.25, 0.3) is 0 Å². The molecule has 1 aliphatic heterocycles. The standard InChI is InChI=1S/C19H25F3N6O/c1-23-9-15(29-2)10-25-17-16(19(20,21)22)11-26-18(28-17)27-14-4-3-13-8-24-6-5-12(13)7-14/h3-4,7,11,15,23-24H,5-6,8-10H2,1-2H3,(H2,25,26,27,28). The number of alkyl halides is 3. The fourth-order valence-electron chi connectivity index (χ4n) is 3.15. The van der Waals surface area contributed by atoms with Crippen molar-refractivity contribution in [2.75, 3.05) is 44.4 Å². The maximum absolute atomic E-state index is 13.4. The second-order valence-corrected chi connectivity index (χ2v) is 6.79. The van der Waals surface area contributed by atoms with Crippen molar-refractivity contribution < 1.29 is 17.9 Å². The average Bonchev–Trinajstić information content (AvgIpc) is 2.70. The molecule has 0 aliphatic carbocycles. The number of anilines is 3. The van der Waals surface area contributed by atoms with Crippen molar-refractivity contribution >= 4 is 17.5 Å². The van der Waals surface area contributed by atoms with Crippen molar-refractivity contribution in [3.8, 4) is 0 Å². The molecule has 3 rings (SSSR count). The van der Waals surface area contributed by atoms with Crippen molar-refractivity contribution in [1.29, 1.82) is 0 Å². The molecule has 2 heterocycles. The molecule has 0 amide bonds. The van der Waals surface area contributed by atoms with Crippen molar-refractivity contribution in [1.82, 2.24) is 20.6 Å². The van der Waals surface area contributed by atoms with Gasteiger partial charge in [-0.1, -0.05) is 6.07 Å². The zero-order valence-electron chi connectivity index (χ0n) is 16.4. The van der Waals surface area contributed by atoms with Gasteiger partial charge in [0.25, 0.3) is 0 Å². The van der Waals surface area contributed by atoms with Gasteiger partial charge in [-0.25, -0.2) is 4.98 Å². The first kappa shape index (κ1) is 21.3. The van der Waals surface area contributed by atoms with Crippen LogP contribution in [-0.4, -0.2) is 49.9 Å². The molecule has 1 atom stereocenters. The van der Waals surface area contributed by atoms with Crippen LogP contribution in [0.2, 0.25) is 0 Å². The number of nitrogens with one attached hydrogen (secondary N) is 4. The van der Waals surface area contributed by atoms with Gasteiger partial charge < -0.3 is 26.0 Å². The predicted octanol–water partition coefficient (Wildman–Crippen LogP) is 2.53. The highest BCUT2D eigenvalue weighted by Gasteiger charge is 2.35. The molecule has 1 aliphatic rings. The van der Waals surface area contributed by atoms with E-state index in [0.717, 1.165) is 31.4 Å². The Balaban J connectivity index is 1.80. The normalized spacial score (nSPS) is 14.9. The van der Waals surface area contributed by atoms with E-state index in [9.17, 15) is 13.2 Å². The molecule has 10 heteroatoms. The van der Waals surface area contributed by atoms with E-state index in [2.05, 4.69) is 31.2 Å². The summed E-state index contributed by atoms with van der Waals surface area (Å²) in [5, 5.41) is 12.0. The monoisotopic (exact) mass is 410 g/mol. The minimum Gasteiger partial charge on any atom is -0.378 e. The molecule has 0 radical (unpaired) electrons. The summed E-state index contributed by atoms with van der Waals surface area (Å²) in [6.07, 6.45) is -3.18. The summed E-state index contributed by atoms with van der Waals surface area (Å²) in [6, 6.07) is 5.85. The molecule has 1 unspecified atom stereocenters. The first-order chi connectivity index (χ1) is 13.9. The van der Waals surface area contributed by atoms with E-state index in [4.69, 9.17) is 4.74 Å². The number of aromatic nitrogens is 2. The summed E-state index contributed by atoms with van der Waals surface area (Å²) in [4.78, 5) is 7.93. The maximum atomic E-state index is 13.4. The second kappa shape index (κ2) is 9.38. The Labute approximate surface area is 167 Å². The van der Waals surface area contributed by atoms with Crippen LogP contribution in [0.4, 0.5) is 30.6 Å². The summed E-state index contributed by atoms with van der Waals surface area (Å²) in [5.41, 5.74) is 2.24. The molecule has 4 N–H and O–H groups in total. The summed E-state index contributed by atoms with van der Waals surface area (Å²) >= 11 is 0. The van der Waals surface area contributed by atoms with Crippen LogP contribution in [0.5, 0.6) is 0 Å². The number of hydrogen-bond acceptors (Lipinski definition) is 7. The Morgan fingerprint density at radius 3 is 2.79 bits per heavy atom. The minimum absolute atomic E-state index is 0.0944. The van der Waals surface area contributed by atoms with Gasteiger partial charge in [0.2, 0.25) is 5.95 Å². The van der Waals surface area contributed by atoms with Gasteiger partial charge in [-0.2, -0.15) is 18.2 Å². The number of halogens is 3. The molecule has 0 fully saturated rings. The van der Waals surface area contributed by atoms with Crippen LogP contribution < -0.4 is 21.3 Å². The third-order valence-corrected chi connectivity index (χ3v) is 4.71. The quantitative estimate of drug-likeness (QED) is 0.532.